The first-order chi connectivity index (χ1) is 13.0. The minimum absolute atomic E-state index is 0.795. The Kier molecular flexibility index (Phi) is 7.53. The number of fused-ring (bicyclic) bond motifs is 1. The van der Waals surface area contributed by atoms with Crippen molar-refractivity contribution in [3.63, 3.8) is 0 Å². The summed E-state index contributed by atoms with van der Waals surface area (Å²) in [5.41, 5.74) is 3.88. The summed E-state index contributed by atoms with van der Waals surface area (Å²) in [6.45, 7) is 2.12. The van der Waals surface area contributed by atoms with Crippen LogP contribution in [0.5, 0.6) is 0 Å². The third kappa shape index (κ3) is 5.92. The van der Waals surface area contributed by atoms with E-state index in [1.54, 1.807) is 0 Å². The first-order valence-electron chi connectivity index (χ1n) is 8.73. The number of hydrogen-bond donors (Lipinski definition) is 0. The summed E-state index contributed by atoms with van der Waals surface area (Å²) in [4.78, 5) is 0. The molecule has 0 aliphatic rings. The summed E-state index contributed by atoms with van der Waals surface area (Å²) in [6.07, 6.45) is 0. The van der Waals surface area contributed by atoms with E-state index in [4.69, 9.17) is 0 Å². The van der Waals surface area contributed by atoms with Crippen molar-refractivity contribution in [2.24, 2.45) is 0 Å². The molecule has 0 fully saturated rings. The Bertz CT molecular complexity index is 981. The molecule has 0 spiro atoms. The van der Waals surface area contributed by atoms with Crippen LogP contribution >= 0.6 is 35.7 Å². The molecule has 0 aromatic heterocycles. The lowest BCUT2D eigenvalue weighted by Gasteiger charge is -2.03. The summed E-state index contributed by atoms with van der Waals surface area (Å²) in [7, 11) is 8.98. The quantitative estimate of drug-likeness (QED) is 0.368. The van der Waals surface area contributed by atoms with Crippen molar-refractivity contribution in [2.75, 3.05) is 0 Å². The molecule has 136 valence electrons. The van der Waals surface area contributed by atoms with Crippen molar-refractivity contribution in [2.45, 2.75) is 6.92 Å². The average Bonchev–Trinajstić information content (AvgIpc) is 2.69. The molecule has 27 heavy (non-hydrogen) atoms. The third-order valence-corrected chi connectivity index (χ3v) is 6.73. The van der Waals surface area contributed by atoms with E-state index in [9.17, 15) is 0 Å². The lowest BCUT2D eigenvalue weighted by atomic mass is 10.1. The van der Waals surface area contributed by atoms with Gasteiger partial charge in [-0.1, -0.05) is 92.7 Å². The van der Waals surface area contributed by atoms with Gasteiger partial charge in [0, 0.05) is 0 Å². The van der Waals surface area contributed by atoms with E-state index in [1.165, 1.54) is 43.4 Å². The lowest BCUT2D eigenvalue weighted by molar-refractivity contribution is 1.51. The van der Waals surface area contributed by atoms with Crippen LogP contribution in [0.15, 0.2) is 84.9 Å². The Balaban J connectivity index is 0.000000159. The van der Waals surface area contributed by atoms with Crippen LogP contribution < -0.4 is 15.9 Å². The van der Waals surface area contributed by atoms with Gasteiger partial charge in [-0.05, 0) is 50.8 Å². The molecule has 4 aromatic rings. The molecular weight excluding hydrogens is 400 g/mol. The predicted molar refractivity (Wildman–Crippen MR) is 137 cm³/mol. The van der Waals surface area contributed by atoms with Crippen molar-refractivity contribution in [3.8, 4) is 11.1 Å². The highest BCUT2D eigenvalue weighted by molar-refractivity contribution is 8.06. The highest BCUT2D eigenvalue weighted by atomic mass is 32.0. The van der Waals surface area contributed by atoms with Gasteiger partial charge in [0.05, 0.1) is 0 Å². The summed E-state index contributed by atoms with van der Waals surface area (Å²) in [5.74, 6) is 0. The summed E-state index contributed by atoms with van der Waals surface area (Å²) >= 11 is 0. The molecule has 0 aliphatic heterocycles. The summed E-state index contributed by atoms with van der Waals surface area (Å²) in [5, 5.41) is 6.48. The van der Waals surface area contributed by atoms with Crippen molar-refractivity contribution >= 4 is 62.4 Å². The van der Waals surface area contributed by atoms with E-state index in [1.807, 2.05) is 0 Å². The maximum Gasteiger partial charge on any atom is -0.0178 e. The lowest BCUT2D eigenvalue weighted by Crippen LogP contribution is -1.91. The summed E-state index contributed by atoms with van der Waals surface area (Å²) in [6, 6.07) is 30.3. The van der Waals surface area contributed by atoms with Crippen molar-refractivity contribution in [3.05, 3.63) is 90.5 Å². The average molecular weight is 424 g/mol. The van der Waals surface area contributed by atoms with Crippen molar-refractivity contribution in [1.82, 2.24) is 0 Å². The van der Waals surface area contributed by atoms with Gasteiger partial charge >= 0.3 is 0 Å². The second-order valence-corrected chi connectivity index (χ2v) is 9.52. The molecule has 0 aliphatic carbocycles. The van der Waals surface area contributed by atoms with Gasteiger partial charge in [0.25, 0.3) is 0 Å². The molecule has 0 bridgehead atoms. The molecule has 0 amide bonds. The molecule has 0 N–H and O–H groups in total. The number of hydrogen-bond acceptors (Lipinski definition) is 0. The maximum atomic E-state index is 2.77. The molecule has 0 radical (unpaired) electrons. The second-order valence-electron chi connectivity index (χ2n) is 6.45. The fraction of sp³-hybridized carbons (Fsp3) is 0.0435. The standard InChI is InChI=1S/C12H13P3.C11H11P/c13-11-5-1-9(2-6-11)10-3-7-12(15-14)8-4-10;1-8-2-3-10-7-11(12)5-4-9(10)6-8/h1-8,15H,13-14H2;2-7H,12H2,1H3. The molecule has 0 saturated heterocycles. The largest absolute Gasteiger partial charge is 0.110 e. The molecule has 0 heterocycles. The van der Waals surface area contributed by atoms with E-state index < -0.39 is 0 Å². The first kappa shape index (κ1) is 20.6. The number of rotatable bonds is 2. The molecule has 4 atom stereocenters. The fourth-order valence-electron chi connectivity index (χ4n) is 2.82. The fourth-order valence-corrected chi connectivity index (χ4v) is 4.22. The SMILES string of the molecule is Cc1ccc2cc(P)ccc2c1.PPc1ccc(-c2ccc(P)cc2)cc1. The van der Waals surface area contributed by atoms with Gasteiger partial charge in [-0.15, -0.1) is 27.4 Å². The van der Waals surface area contributed by atoms with Crippen molar-refractivity contribution < 1.29 is 0 Å². The molecule has 4 rings (SSSR count). The van der Waals surface area contributed by atoms with Crippen LogP contribution in [-0.2, 0) is 0 Å². The van der Waals surface area contributed by atoms with E-state index in [2.05, 4.69) is 119 Å². The van der Waals surface area contributed by atoms with E-state index in [0.717, 1.165) is 8.27 Å². The third-order valence-electron chi connectivity index (χ3n) is 4.32. The Morgan fingerprint density at radius 2 is 1.11 bits per heavy atom. The van der Waals surface area contributed by atoms with Crippen LogP contribution in [0.4, 0.5) is 0 Å². The van der Waals surface area contributed by atoms with Crippen LogP contribution in [-0.4, -0.2) is 0 Å². The van der Waals surface area contributed by atoms with Gasteiger partial charge in [-0.2, -0.15) is 0 Å². The smallest absolute Gasteiger partial charge is 0.0178 e. The minimum atomic E-state index is 0.795. The van der Waals surface area contributed by atoms with Gasteiger partial charge in [0.1, 0.15) is 0 Å². The van der Waals surface area contributed by atoms with E-state index in [0.29, 0.717) is 0 Å². The van der Waals surface area contributed by atoms with Crippen LogP contribution in [0.2, 0.25) is 0 Å². The Morgan fingerprint density at radius 1 is 0.593 bits per heavy atom. The summed E-state index contributed by atoms with van der Waals surface area (Å²) < 4.78 is 0. The molecular formula is C23H24P4. The van der Waals surface area contributed by atoms with Gasteiger partial charge in [-0.25, -0.2) is 0 Å². The van der Waals surface area contributed by atoms with Crippen LogP contribution in [0.1, 0.15) is 5.56 Å². The Labute approximate surface area is 170 Å². The molecule has 0 saturated carbocycles. The monoisotopic (exact) mass is 424 g/mol. The first-order valence-corrected chi connectivity index (χ1v) is 12.7. The van der Waals surface area contributed by atoms with Gasteiger partial charge in [0.15, 0.2) is 0 Å². The molecule has 4 aromatic carbocycles. The molecule has 0 nitrogen and oxygen atoms in total. The van der Waals surface area contributed by atoms with E-state index in [-0.39, 0.29) is 0 Å². The van der Waals surface area contributed by atoms with E-state index >= 15 is 0 Å². The zero-order chi connectivity index (χ0) is 19.2. The Hall–Kier alpha value is -1.14. The maximum absolute atomic E-state index is 2.77. The molecule has 4 heteroatoms. The minimum Gasteiger partial charge on any atom is -0.110 e. The van der Waals surface area contributed by atoms with Gasteiger partial charge < -0.3 is 0 Å². The number of benzene rings is 4. The van der Waals surface area contributed by atoms with Gasteiger partial charge in [0.2, 0.25) is 0 Å². The molecule has 4 unspecified atom stereocenters. The Morgan fingerprint density at radius 3 is 1.74 bits per heavy atom. The zero-order valence-corrected chi connectivity index (χ0v) is 19.8. The topological polar surface area (TPSA) is 0 Å². The second kappa shape index (κ2) is 9.87. The normalized spacial score (nSPS) is 10.8. The highest BCUT2D eigenvalue weighted by Gasteiger charge is 1.97. The van der Waals surface area contributed by atoms with Gasteiger partial charge in [-0.3, -0.25) is 0 Å². The van der Waals surface area contributed by atoms with Crippen LogP contribution in [0.25, 0.3) is 21.9 Å². The zero-order valence-electron chi connectivity index (χ0n) is 15.3. The number of aryl methyl sites for hydroxylation is 1. The van der Waals surface area contributed by atoms with Crippen LogP contribution in [0.3, 0.4) is 0 Å². The van der Waals surface area contributed by atoms with Crippen molar-refractivity contribution in [1.29, 1.82) is 0 Å². The van der Waals surface area contributed by atoms with Crippen LogP contribution in [0, 0.1) is 6.92 Å². The predicted octanol–water partition coefficient (Wildman–Crippen LogP) is 5.60. The highest BCUT2D eigenvalue weighted by Crippen LogP contribution is 2.22.